The number of hydrogen-bond acceptors (Lipinski definition) is 5. The molecule has 0 bridgehead atoms. The summed E-state index contributed by atoms with van der Waals surface area (Å²) in [6, 6.07) is 3.51. The molecule has 0 aromatic heterocycles. The normalized spacial score (nSPS) is 13.0. The highest BCUT2D eigenvalue weighted by molar-refractivity contribution is 5.92. The SMILES string of the molecule is COc1cc(C=CC(=O)N(C)CCC(=O)O)cc2c1OCCO2. The number of likely N-dealkylation sites (N-methyl/N-ethyl adjacent to an activating group) is 1. The van der Waals surface area contributed by atoms with Crippen LogP contribution in [0, 0.1) is 0 Å². The van der Waals surface area contributed by atoms with Crippen LogP contribution in [0.5, 0.6) is 17.2 Å². The number of carbonyl (C=O) groups excluding carboxylic acids is 1. The van der Waals surface area contributed by atoms with Gasteiger partial charge in [0.15, 0.2) is 11.5 Å². The maximum atomic E-state index is 11.9. The van der Waals surface area contributed by atoms with Crippen molar-refractivity contribution >= 4 is 18.0 Å². The molecule has 1 amide bonds. The summed E-state index contributed by atoms with van der Waals surface area (Å²) >= 11 is 0. The summed E-state index contributed by atoms with van der Waals surface area (Å²) in [7, 11) is 3.09. The molecule has 0 unspecified atom stereocenters. The zero-order valence-electron chi connectivity index (χ0n) is 13.1. The third-order valence-corrected chi connectivity index (χ3v) is 3.31. The number of aliphatic carboxylic acids is 1. The standard InChI is InChI=1S/C16H19NO6/c1-17(6-5-15(19)20)14(18)4-3-11-9-12(21-2)16-13(10-11)22-7-8-23-16/h3-4,9-10H,5-8H2,1-2H3,(H,19,20). The van der Waals surface area contributed by atoms with Gasteiger partial charge in [-0.1, -0.05) is 0 Å². The van der Waals surface area contributed by atoms with Gasteiger partial charge in [0.1, 0.15) is 13.2 Å². The number of benzene rings is 1. The summed E-state index contributed by atoms with van der Waals surface area (Å²) in [5.74, 6) is 0.446. The minimum absolute atomic E-state index is 0.0894. The van der Waals surface area contributed by atoms with Crippen molar-refractivity contribution in [3.05, 3.63) is 23.8 Å². The van der Waals surface area contributed by atoms with Crippen LogP contribution in [0.4, 0.5) is 0 Å². The lowest BCUT2D eigenvalue weighted by atomic mass is 10.1. The molecule has 0 atom stereocenters. The van der Waals surface area contributed by atoms with E-state index in [4.69, 9.17) is 19.3 Å². The lowest BCUT2D eigenvalue weighted by Crippen LogP contribution is -2.27. The molecule has 1 N–H and O–H groups in total. The van der Waals surface area contributed by atoms with Gasteiger partial charge in [0, 0.05) is 19.7 Å². The Kier molecular flexibility index (Phi) is 5.46. The molecule has 0 radical (unpaired) electrons. The molecule has 7 nitrogen and oxygen atoms in total. The van der Waals surface area contributed by atoms with E-state index >= 15 is 0 Å². The molecule has 23 heavy (non-hydrogen) atoms. The Morgan fingerprint density at radius 2 is 2.09 bits per heavy atom. The number of nitrogens with zero attached hydrogens (tertiary/aromatic N) is 1. The minimum Gasteiger partial charge on any atom is -0.493 e. The number of carboxylic acid groups (broad SMARTS) is 1. The van der Waals surface area contributed by atoms with E-state index in [1.807, 2.05) is 0 Å². The molecular weight excluding hydrogens is 302 g/mol. The van der Waals surface area contributed by atoms with Crippen LogP contribution in [0.15, 0.2) is 18.2 Å². The van der Waals surface area contributed by atoms with E-state index in [0.29, 0.717) is 30.5 Å². The van der Waals surface area contributed by atoms with Gasteiger partial charge in [0.2, 0.25) is 11.7 Å². The zero-order valence-corrected chi connectivity index (χ0v) is 13.1. The van der Waals surface area contributed by atoms with E-state index in [9.17, 15) is 9.59 Å². The number of methoxy groups -OCH3 is 1. The van der Waals surface area contributed by atoms with Crippen molar-refractivity contribution in [3.8, 4) is 17.2 Å². The number of amides is 1. The van der Waals surface area contributed by atoms with Crippen molar-refractivity contribution in [2.45, 2.75) is 6.42 Å². The fourth-order valence-corrected chi connectivity index (χ4v) is 2.06. The van der Waals surface area contributed by atoms with E-state index in [0.717, 1.165) is 5.56 Å². The average Bonchev–Trinajstić information content (AvgIpc) is 2.56. The Hall–Kier alpha value is -2.70. The molecule has 2 rings (SSSR count). The summed E-state index contributed by atoms with van der Waals surface area (Å²) < 4.78 is 16.3. The van der Waals surface area contributed by atoms with E-state index in [1.165, 1.54) is 18.1 Å². The second kappa shape index (κ2) is 7.53. The van der Waals surface area contributed by atoms with Gasteiger partial charge in [0.05, 0.1) is 13.5 Å². The topological polar surface area (TPSA) is 85.3 Å². The monoisotopic (exact) mass is 321 g/mol. The Morgan fingerprint density at radius 3 is 2.78 bits per heavy atom. The minimum atomic E-state index is -0.940. The zero-order chi connectivity index (χ0) is 16.8. The highest BCUT2D eigenvalue weighted by Crippen LogP contribution is 2.40. The maximum absolute atomic E-state index is 11.9. The van der Waals surface area contributed by atoms with Gasteiger partial charge in [-0.2, -0.15) is 0 Å². The molecule has 1 aromatic carbocycles. The summed E-state index contributed by atoms with van der Waals surface area (Å²) in [6.45, 7) is 1.08. The number of hydrogen-bond donors (Lipinski definition) is 1. The fraction of sp³-hybridized carbons (Fsp3) is 0.375. The molecule has 1 aliphatic rings. The third-order valence-electron chi connectivity index (χ3n) is 3.31. The third kappa shape index (κ3) is 4.38. The van der Waals surface area contributed by atoms with Gasteiger partial charge in [-0.05, 0) is 23.8 Å². The molecule has 1 heterocycles. The van der Waals surface area contributed by atoms with Crippen molar-refractivity contribution < 1.29 is 28.9 Å². The van der Waals surface area contributed by atoms with E-state index in [2.05, 4.69) is 0 Å². The van der Waals surface area contributed by atoms with Crippen molar-refractivity contribution in [1.29, 1.82) is 0 Å². The molecule has 0 fully saturated rings. The average molecular weight is 321 g/mol. The molecule has 7 heteroatoms. The van der Waals surface area contributed by atoms with Gasteiger partial charge in [-0.25, -0.2) is 0 Å². The number of ether oxygens (including phenoxy) is 3. The Bertz CT molecular complexity index is 608. The van der Waals surface area contributed by atoms with Crippen molar-refractivity contribution in [2.24, 2.45) is 0 Å². The Labute approximate surface area is 134 Å². The van der Waals surface area contributed by atoms with Crippen LogP contribution < -0.4 is 14.2 Å². The lowest BCUT2D eigenvalue weighted by molar-refractivity contribution is -0.137. The van der Waals surface area contributed by atoms with Crippen molar-refractivity contribution in [2.75, 3.05) is 33.9 Å². The summed E-state index contributed by atoms with van der Waals surface area (Å²) in [6.07, 6.45) is 2.92. The fourth-order valence-electron chi connectivity index (χ4n) is 2.06. The first kappa shape index (κ1) is 16.7. The number of carboxylic acids is 1. The predicted octanol–water partition coefficient (Wildman–Crippen LogP) is 1.41. The Morgan fingerprint density at radius 1 is 1.35 bits per heavy atom. The van der Waals surface area contributed by atoms with Gasteiger partial charge in [-0.15, -0.1) is 0 Å². The first-order chi connectivity index (χ1) is 11.0. The predicted molar refractivity (Wildman–Crippen MR) is 82.9 cm³/mol. The second-order valence-corrected chi connectivity index (χ2v) is 4.98. The number of carbonyl (C=O) groups is 2. The molecule has 1 aromatic rings. The molecule has 0 spiro atoms. The summed E-state index contributed by atoms with van der Waals surface area (Å²) in [5.41, 5.74) is 0.728. The molecule has 0 saturated heterocycles. The van der Waals surface area contributed by atoms with Gasteiger partial charge < -0.3 is 24.2 Å². The maximum Gasteiger partial charge on any atom is 0.305 e. The van der Waals surface area contributed by atoms with Crippen molar-refractivity contribution in [1.82, 2.24) is 4.90 Å². The van der Waals surface area contributed by atoms with Crippen LogP contribution in [-0.2, 0) is 9.59 Å². The van der Waals surface area contributed by atoms with E-state index < -0.39 is 5.97 Å². The van der Waals surface area contributed by atoms with Crippen LogP contribution in [0.25, 0.3) is 6.08 Å². The number of fused-ring (bicyclic) bond motifs is 1. The quantitative estimate of drug-likeness (QED) is 0.798. The molecule has 0 saturated carbocycles. The van der Waals surface area contributed by atoms with Crippen LogP contribution in [0.3, 0.4) is 0 Å². The highest BCUT2D eigenvalue weighted by atomic mass is 16.6. The summed E-state index contributed by atoms with van der Waals surface area (Å²) in [4.78, 5) is 23.8. The first-order valence-corrected chi connectivity index (χ1v) is 7.14. The largest absolute Gasteiger partial charge is 0.493 e. The van der Waals surface area contributed by atoms with Crippen LogP contribution in [0.1, 0.15) is 12.0 Å². The van der Waals surface area contributed by atoms with Crippen LogP contribution >= 0.6 is 0 Å². The van der Waals surface area contributed by atoms with Gasteiger partial charge in [0.25, 0.3) is 0 Å². The molecule has 0 aliphatic carbocycles. The van der Waals surface area contributed by atoms with Crippen LogP contribution in [0.2, 0.25) is 0 Å². The molecule has 124 valence electrons. The van der Waals surface area contributed by atoms with Crippen molar-refractivity contribution in [3.63, 3.8) is 0 Å². The van der Waals surface area contributed by atoms with E-state index in [1.54, 1.807) is 25.3 Å². The van der Waals surface area contributed by atoms with Gasteiger partial charge in [-0.3, -0.25) is 9.59 Å². The van der Waals surface area contributed by atoms with Crippen LogP contribution in [-0.4, -0.2) is 55.8 Å². The first-order valence-electron chi connectivity index (χ1n) is 7.14. The molecular formula is C16H19NO6. The number of rotatable bonds is 6. The highest BCUT2D eigenvalue weighted by Gasteiger charge is 2.18. The second-order valence-electron chi connectivity index (χ2n) is 4.98. The van der Waals surface area contributed by atoms with E-state index in [-0.39, 0.29) is 18.9 Å². The van der Waals surface area contributed by atoms with Gasteiger partial charge >= 0.3 is 5.97 Å². The molecule has 1 aliphatic heterocycles. The summed E-state index contributed by atoms with van der Waals surface area (Å²) in [5, 5.41) is 8.63. The smallest absolute Gasteiger partial charge is 0.305 e. The lowest BCUT2D eigenvalue weighted by Gasteiger charge is -2.21. The Balaban J connectivity index is 2.10.